The third kappa shape index (κ3) is 2.75. The minimum Gasteiger partial charge on any atom is -0.475 e. The number of hydrogen-bond donors (Lipinski definition) is 1. The lowest BCUT2D eigenvalue weighted by Gasteiger charge is -2.35. The lowest BCUT2D eigenvalue weighted by atomic mass is 9.94. The highest BCUT2D eigenvalue weighted by Gasteiger charge is 2.25. The molecule has 100 valence electrons. The molecule has 0 aromatic carbocycles. The molecule has 1 N–H and O–H groups in total. The van der Waals surface area contributed by atoms with Crippen molar-refractivity contribution < 1.29 is 14.3 Å². The van der Waals surface area contributed by atoms with E-state index in [1.165, 1.54) is 25.3 Å². The summed E-state index contributed by atoms with van der Waals surface area (Å²) in [6.07, 6.45) is 3.73. The van der Waals surface area contributed by atoms with Crippen molar-refractivity contribution >= 4 is 5.97 Å². The van der Waals surface area contributed by atoms with Crippen LogP contribution in [0.4, 0.5) is 0 Å². The molecule has 0 saturated carbocycles. The van der Waals surface area contributed by atoms with Crippen LogP contribution in [0, 0.1) is 5.92 Å². The van der Waals surface area contributed by atoms with Crippen LogP contribution < -0.4 is 0 Å². The predicted molar refractivity (Wildman–Crippen MR) is 68.7 cm³/mol. The molecule has 0 radical (unpaired) electrons. The number of piperidine rings is 1. The van der Waals surface area contributed by atoms with Gasteiger partial charge in [-0.2, -0.15) is 0 Å². The molecule has 1 aromatic heterocycles. The zero-order valence-corrected chi connectivity index (χ0v) is 11.1. The Kier molecular flexibility index (Phi) is 4.07. The Morgan fingerprint density at radius 3 is 3.00 bits per heavy atom. The molecule has 0 bridgehead atoms. The van der Waals surface area contributed by atoms with E-state index in [2.05, 4.69) is 18.7 Å². The second-order valence-electron chi connectivity index (χ2n) is 5.09. The van der Waals surface area contributed by atoms with E-state index < -0.39 is 5.97 Å². The molecule has 0 aliphatic carbocycles. The molecule has 1 fully saturated rings. The van der Waals surface area contributed by atoms with Gasteiger partial charge in [0, 0.05) is 6.54 Å². The van der Waals surface area contributed by atoms with Gasteiger partial charge in [0.15, 0.2) is 0 Å². The zero-order chi connectivity index (χ0) is 13.1. The van der Waals surface area contributed by atoms with Crippen LogP contribution in [-0.4, -0.2) is 29.1 Å². The Labute approximate surface area is 108 Å². The molecule has 2 heterocycles. The predicted octanol–water partition coefficient (Wildman–Crippen LogP) is 3.16. The van der Waals surface area contributed by atoms with Crippen molar-refractivity contribution in [3.8, 4) is 0 Å². The Morgan fingerprint density at radius 1 is 1.61 bits per heavy atom. The molecule has 4 heteroatoms. The lowest BCUT2D eigenvalue weighted by Crippen LogP contribution is -2.36. The van der Waals surface area contributed by atoms with E-state index in [0.717, 1.165) is 24.8 Å². The number of nitrogens with zero attached hydrogens (tertiary/aromatic N) is 1. The molecule has 2 unspecified atom stereocenters. The standard InChI is InChI=1S/C14H21NO3/c1-3-11-5-4-8-15(9-11)10(2)12-6-7-13(18-12)14(16)17/h6-7,10-11H,3-5,8-9H2,1-2H3,(H,16,17). The normalized spacial score (nSPS) is 22.9. The van der Waals surface area contributed by atoms with Gasteiger partial charge in [-0.15, -0.1) is 0 Å². The van der Waals surface area contributed by atoms with Gasteiger partial charge in [-0.3, -0.25) is 4.90 Å². The number of likely N-dealkylation sites (tertiary alicyclic amines) is 1. The average Bonchev–Trinajstić information content (AvgIpc) is 2.87. The van der Waals surface area contributed by atoms with Crippen LogP contribution in [0.5, 0.6) is 0 Å². The Bertz CT molecular complexity index is 413. The maximum absolute atomic E-state index is 10.8. The first-order valence-electron chi connectivity index (χ1n) is 6.69. The van der Waals surface area contributed by atoms with Crippen molar-refractivity contribution in [3.63, 3.8) is 0 Å². The molecule has 1 saturated heterocycles. The van der Waals surface area contributed by atoms with E-state index in [0.29, 0.717) is 0 Å². The van der Waals surface area contributed by atoms with E-state index >= 15 is 0 Å². The summed E-state index contributed by atoms with van der Waals surface area (Å²) in [5.74, 6) is 0.540. The Morgan fingerprint density at radius 2 is 2.39 bits per heavy atom. The molecule has 1 aromatic rings. The Balaban J connectivity index is 2.05. The summed E-state index contributed by atoms with van der Waals surface area (Å²) in [6, 6.07) is 3.48. The van der Waals surface area contributed by atoms with Gasteiger partial charge < -0.3 is 9.52 Å². The number of carbonyl (C=O) groups is 1. The molecule has 0 amide bonds. The average molecular weight is 251 g/mol. The van der Waals surface area contributed by atoms with Gasteiger partial charge in [-0.1, -0.05) is 13.3 Å². The number of aromatic carboxylic acids is 1. The minimum absolute atomic E-state index is 0.0286. The highest BCUT2D eigenvalue weighted by Crippen LogP contribution is 2.28. The first-order valence-corrected chi connectivity index (χ1v) is 6.69. The number of carboxylic acid groups (broad SMARTS) is 1. The highest BCUT2D eigenvalue weighted by atomic mass is 16.4. The summed E-state index contributed by atoms with van der Waals surface area (Å²) < 4.78 is 5.39. The Hall–Kier alpha value is -1.29. The fourth-order valence-electron chi connectivity index (χ4n) is 2.65. The largest absolute Gasteiger partial charge is 0.475 e. The van der Waals surface area contributed by atoms with Crippen molar-refractivity contribution in [1.82, 2.24) is 4.90 Å². The van der Waals surface area contributed by atoms with E-state index in [4.69, 9.17) is 9.52 Å². The van der Waals surface area contributed by atoms with Crippen LogP contribution in [0.15, 0.2) is 16.5 Å². The van der Waals surface area contributed by atoms with E-state index in [1.54, 1.807) is 6.07 Å². The number of rotatable bonds is 4. The van der Waals surface area contributed by atoms with Crippen LogP contribution in [-0.2, 0) is 0 Å². The molecular weight excluding hydrogens is 230 g/mol. The van der Waals surface area contributed by atoms with Crippen molar-refractivity contribution in [2.45, 2.75) is 39.2 Å². The summed E-state index contributed by atoms with van der Waals surface area (Å²) in [5.41, 5.74) is 0. The fraction of sp³-hybridized carbons (Fsp3) is 0.643. The number of carboxylic acids is 1. The molecular formula is C14H21NO3. The van der Waals surface area contributed by atoms with Gasteiger partial charge in [-0.25, -0.2) is 4.79 Å². The van der Waals surface area contributed by atoms with Gasteiger partial charge in [-0.05, 0) is 44.4 Å². The second kappa shape index (κ2) is 5.57. The number of hydrogen-bond acceptors (Lipinski definition) is 3. The van der Waals surface area contributed by atoms with Crippen LogP contribution in [0.25, 0.3) is 0 Å². The van der Waals surface area contributed by atoms with Gasteiger partial charge in [0.05, 0.1) is 6.04 Å². The maximum Gasteiger partial charge on any atom is 0.371 e. The lowest BCUT2D eigenvalue weighted by molar-refractivity contribution is 0.0651. The molecule has 0 spiro atoms. The summed E-state index contributed by atoms with van der Waals surface area (Å²) >= 11 is 0. The summed E-state index contributed by atoms with van der Waals surface area (Å²) in [4.78, 5) is 13.2. The number of furan rings is 1. The second-order valence-corrected chi connectivity index (χ2v) is 5.09. The maximum atomic E-state index is 10.8. The molecule has 18 heavy (non-hydrogen) atoms. The topological polar surface area (TPSA) is 53.7 Å². The third-order valence-electron chi connectivity index (χ3n) is 3.92. The molecule has 2 atom stereocenters. The molecule has 4 nitrogen and oxygen atoms in total. The first kappa shape index (κ1) is 13.1. The van der Waals surface area contributed by atoms with Crippen LogP contribution >= 0.6 is 0 Å². The molecule has 2 rings (SSSR count). The van der Waals surface area contributed by atoms with Gasteiger partial charge in [0.1, 0.15) is 5.76 Å². The summed E-state index contributed by atoms with van der Waals surface area (Å²) in [7, 11) is 0. The smallest absolute Gasteiger partial charge is 0.371 e. The van der Waals surface area contributed by atoms with Crippen LogP contribution in [0.2, 0.25) is 0 Å². The quantitative estimate of drug-likeness (QED) is 0.893. The molecule has 1 aliphatic rings. The SMILES string of the molecule is CCC1CCCN(C(C)c2ccc(C(=O)O)o2)C1. The minimum atomic E-state index is -1.00. The van der Waals surface area contributed by atoms with E-state index in [-0.39, 0.29) is 11.8 Å². The van der Waals surface area contributed by atoms with Crippen molar-refractivity contribution in [3.05, 3.63) is 23.7 Å². The van der Waals surface area contributed by atoms with Crippen LogP contribution in [0.3, 0.4) is 0 Å². The summed E-state index contributed by atoms with van der Waals surface area (Å²) in [5, 5.41) is 8.86. The molecule has 1 aliphatic heterocycles. The van der Waals surface area contributed by atoms with Gasteiger partial charge in [0.2, 0.25) is 5.76 Å². The first-order chi connectivity index (χ1) is 8.61. The third-order valence-corrected chi connectivity index (χ3v) is 3.92. The summed E-state index contributed by atoms with van der Waals surface area (Å²) in [6.45, 7) is 6.47. The van der Waals surface area contributed by atoms with E-state index in [9.17, 15) is 4.79 Å². The van der Waals surface area contributed by atoms with Crippen molar-refractivity contribution in [1.29, 1.82) is 0 Å². The zero-order valence-electron chi connectivity index (χ0n) is 11.1. The fourth-order valence-corrected chi connectivity index (χ4v) is 2.65. The van der Waals surface area contributed by atoms with Gasteiger partial charge >= 0.3 is 5.97 Å². The van der Waals surface area contributed by atoms with Gasteiger partial charge in [0.25, 0.3) is 0 Å². The highest BCUT2D eigenvalue weighted by molar-refractivity contribution is 5.84. The van der Waals surface area contributed by atoms with Crippen LogP contribution in [0.1, 0.15) is 55.5 Å². The monoisotopic (exact) mass is 251 g/mol. The van der Waals surface area contributed by atoms with Crippen molar-refractivity contribution in [2.24, 2.45) is 5.92 Å². The van der Waals surface area contributed by atoms with Crippen molar-refractivity contribution in [2.75, 3.05) is 13.1 Å². The van der Waals surface area contributed by atoms with E-state index in [1.807, 2.05) is 0 Å².